The van der Waals surface area contributed by atoms with Crippen LogP contribution in [0.4, 0.5) is 0 Å². The zero-order valence-electron chi connectivity index (χ0n) is 50.3. The summed E-state index contributed by atoms with van der Waals surface area (Å²) in [7, 11) is -1.52. The molecule has 11 heteroatoms. The second kappa shape index (κ2) is 24.5. The Bertz CT molecular complexity index is 6150. The van der Waals surface area contributed by atoms with Gasteiger partial charge in [-0.2, -0.15) is 0 Å². The highest BCUT2D eigenvalue weighted by atomic mass is 79.9. The summed E-state index contributed by atoms with van der Waals surface area (Å²) in [5.74, 6) is 0. The molecule has 0 radical (unpaired) electrons. The average molecular weight is 1390 g/mol. The number of halogens is 2. The van der Waals surface area contributed by atoms with Crippen molar-refractivity contribution in [3.05, 3.63) is 294 Å². The van der Waals surface area contributed by atoms with Crippen molar-refractivity contribution in [1.82, 2.24) is 0 Å². The summed E-state index contributed by atoms with van der Waals surface area (Å²) in [5, 5.41) is 31.2. The van der Waals surface area contributed by atoms with E-state index in [1.165, 1.54) is 11.1 Å². The monoisotopic (exact) mass is 1390 g/mol. The third-order valence-corrected chi connectivity index (χ3v) is 19.2. The van der Waals surface area contributed by atoms with E-state index in [1.807, 2.05) is 72.8 Å². The largest absolute Gasteiger partial charge is 0.488 e. The van der Waals surface area contributed by atoms with Crippen molar-refractivity contribution in [3.8, 4) is 55.6 Å². The van der Waals surface area contributed by atoms with Gasteiger partial charge in [-0.25, -0.2) is 0 Å². The summed E-state index contributed by atoms with van der Waals surface area (Å²) >= 11 is 6.66. The number of furan rings is 6. The van der Waals surface area contributed by atoms with Gasteiger partial charge in [0.2, 0.25) is 0 Å². The van der Waals surface area contributed by atoms with Crippen LogP contribution in [-0.4, -0.2) is 17.2 Å². The van der Waals surface area contributed by atoms with Crippen LogP contribution in [0.1, 0.15) is 14.9 Å². The van der Waals surface area contributed by atoms with Crippen LogP contribution >= 0.6 is 31.9 Å². The quantitative estimate of drug-likeness (QED) is 0.158. The van der Waals surface area contributed by atoms with Gasteiger partial charge in [-0.1, -0.05) is 204 Å². The normalized spacial score (nSPS) is 11.5. The zero-order valence-corrected chi connectivity index (χ0v) is 53.5. The van der Waals surface area contributed by atoms with Crippen molar-refractivity contribution in [2.24, 2.45) is 0 Å². The van der Waals surface area contributed by atoms with Crippen LogP contribution in [0.15, 0.2) is 321 Å². The summed E-state index contributed by atoms with van der Waals surface area (Å²) < 4.78 is 40.4. The molecule has 0 unspecified atom stereocenters. The Hall–Kier alpha value is -11.2. The van der Waals surface area contributed by atoms with Crippen LogP contribution in [-0.2, 0) is 0 Å². The Kier molecular flexibility index (Phi) is 15.4. The van der Waals surface area contributed by atoms with E-state index >= 15 is 0 Å². The second-order valence-corrected chi connectivity index (χ2v) is 25.7. The van der Waals surface area contributed by atoms with Crippen LogP contribution in [0.3, 0.4) is 0 Å². The van der Waals surface area contributed by atoms with Crippen molar-refractivity contribution in [2.45, 2.75) is 14.9 Å². The first-order valence-electron chi connectivity index (χ1n) is 31.2. The number of rotatable bonds is 6. The van der Waals surface area contributed by atoms with Gasteiger partial charge in [0.25, 0.3) is 0 Å². The molecule has 0 spiro atoms. The molecule has 8 nitrogen and oxygen atoms in total. The van der Waals surface area contributed by atoms with Crippen LogP contribution < -0.4 is 5.46 Å². The third kappa shape index (κ3) is 10.6. The topological polar surface area (TPSA) is 119 Å². The van der Waals surface area contributed by atoms with Crippen molar-refractivity contribution in [2.75, 3.05) is 0 Å². The van der Waals surface area contributed by atoms with Gasteiger partial charge >= 0.3 is 7.12 Å². The summed E-state index contributed by atoms with van der Waals surface area (Å²) in [4.78, 5) is 0. The van der Waals surface area contributed by atoms with Crippen LogP contribution in [0.5, 0.6) is 0 Å². The van der Waals surface area contributed by atoms with Gasteiger partial charge in [-0.05, 0) is 188 Å². The fraction of sp³-hybridized carbons (Fsp3) is 0.0233. The Morgan fingerprint density at radius 2 is 0.443 bits per heavy atom. The number of hydrogen-bond acceptors (Lipinski definition) is 8. The maximum atomic E-state index is 9.49. The predicted molar refractivity (Wildman–Crippen MR) is 409 cm³/mol. The van der Waals surface area contributed by atoms with E-state index in [4.69, 9.17) is 26.5 Å². The van der Waals surface area contributed by atoms with E-state index in [9.17, 15) is 10.0 Å². The van der Waals surface area contributed by atoms with Crippen molar-refractivity contribution in [1.29, 1.82) is 0 Å². The second-order valence-electron chi connectivity index (χ2n) is 23.9. The fourth-order valence-corrected chi connectivity index (χ4v) is 14.6. The Morgan fingerprint density at radius 3 is 0.711 bits per heavy atom. The molecular weight excluding hydrogens is 1330 g/mol. The SMILES string of the molecule is Brc1cccc(Br)c1.C.C.OB(O)c1ccc2oc3c(ccc4c5cc(-c6ccccc6)ccc5oc43)c2c1.c1ccc(-c2ccc3oc4c(ccc5c6cc(-c7cccc(-c8ccc9oc%10c(ccc%11c%12cc(-c%13ccccc%13)ccc%12oc%11%10)c9c8)c7)ccc6oc54)c3c2)cc1. The van der Waals surface area contributed by atoms with Crippen LogP contribution in [0, 0.1) is 0 Å². The molecular formula is C86H57BBr2O8. The fourth-order valence-electron chi connectivity index (χ4n) is 13.5. The molecule has 6 aromatic heterocycles. The lowest BCUT2D eigenvalue weighted by molar-refractivity contribution is 0.426. The van der Waals surface area contributed by atoms with E-state index in [1.54, 1.807) is 18.2 Å². The number of fused-ring (bicyclic) bond motifs is 21. The molecule has 0 aliphatic heterocycles. The molecule has 97 heavy (non-hydrogen) atoms. The van der Waals surface area contributed by atoms with E-state index in [2.05, 4.69) is 226 Å². The smallest absolute Gasteiger partial charge is 0.452 e. The van der Waals surface area contributed by atoms with Gasteiger partial charge in [0.15, 0.2) is 33.5 Å². The molecule has 0 saturated heterocycles. The summed E-state index contributed by atoms with van der Waals surface area (Å²) in [6, 6.07) is 97.5. The molecule has 0 amide bonds. The Balaban J connectivity index is 0.000000157. The summed E-state index contributed by atoms with van der Waals surface area (Å²) in [6.07, 6.45) is 0. The minimum absolute atomic E-state index is 0. The molecule has 0 saturated carbocycles. The van der Waals surface area contributed by atoms with Gasteiger partial charge in [0, 0.05) is 73.6 Å². The maximum absolute atomic E-state index is 9.49. The van der Waals surface area contributed by atoms with Gasteiger partial charge in [-0.3, -0.25) is 0 Å². The highest BCUT2D eigenvalue weighted by Gasteiger charge is 2.22. The highest BCUT2D eigenvalue weighted by Crippen LogP contribution is 2.45. The first-order valence-corrected chi connectivity index (χ1v) is 32.8. The van der Waals surface area contributed by atoms with Crippen molar-refractivity contribution >= 4 is 176 Å². The van der Waals surface area contributed by atoms with Gasteiger partial charge in [0.1, 0.15) is 33.5 Å². The standard InChI is InChI=1S/C54H30O4.C24H15BO4.C6H4Br2.2CH4/c1-3-8-31(9-4-1)35-14-22-47-43(27-35)39-18-20-41-45-29-37(16-24-49(45)57-53(41)51(39)55-47)33-12-7-13-34(26-33)38-17-25-50-46(30-38)42-21-19-40-44-28-36(32-10-5-2-6-11-32)15-23-48(44)56-52(40)54(42)58-50;26-25(27)16-7-11-22-20(13-16)18-9-8-17-19-12-15(14-4-2-1-3-5-14)6-10-21(19)28-23(17)24(18)29-22;7-5-2-1-3-6(8)4-5;;/h1-30H;1-13,26-27H;1-4H;2*1H4. The van der Waals surface area contributed by atoms with E-state index in [0.29, 0.717) is 22.2 Å². The predicted octanol–water partition coefficient (Wildman–Crippen LogP) is 25.3. The molecule has 6 heterocycles. The minimum atomic E-state index is -1.52. The molecule has 466 valence electrons. The number of hydrogen-bond donors (Lipinski definition) is 2. The molecule has 20 aromatic rings. The van der Waals surface area contributed by atoms with Crippen LogP contribution in [0.25, 0.3) is 187 Å². The minimum Gasteiger partial charge on any atom is -0.452 e. The summed E-state index contributed by atoms with van der Waals surface area (Å²) in [5.41, 5.74) is 21.2. The highest BCUT2D eigenvalue weighted by molar-refractivity contribution is 9.11. The molecule has 2 N–H and O–H groups in total. The van der Waals surface area contributed by atoms with Gasteiger partial charge < -0.3 is 36.6 Å². The molecule has 0 aliphatic carbocycles. The first-order chi connectivity index (χ1) is 46.7. The maximum Gasteiger partial charge on any atom is 0.488 e. The average Bonchev–Trinajstić information content (AvgIpc) is 1.60. The van der Waals surface area contributed by atoms with E-state index < -0.39 is 7.12 Å². The molecule has 0 fully saturated rings. The zero-order chi connectivity index (χ0) is 63.4. The molecule has 0 bridgehead atoms. The van der Waals surface area contributed by atoms with E-state index in [0.717, 1.165) is 168 Å². The Labute approximate surface area is 573 Å². The molecule has 0 atom stereocenters. The lowest BCUT2D eigenvalue weighted by Crippen LogP contribution is -2.29. The van der Waals surface area contributed by atoms with Crippen LogP contribution in [0.2, 0.25) is 0 Å². The lowest BCUT2D eigenvalue weighted by atomic mass is 9.80. The van der Waals surface area contributed by atoms with Gasteiger partial charge in [-0.15, -0.1) is 0 Å². The molecule has 14 aromatic carbocycles. The molecule has 20 rings (SSSR count). The lowest BCUT2D eigenvalue weighted by Gasteiger charge is -2.07. The number of benzene rings is 14. The van der Waals surface area contributed by atoms with E-state index in [-0.39, 0.29) is 14.9 Å². The Morgan fingerprint density at radius 1 is 0.206 bits per heavy atom. The molecule has 0 aliphatic rings. The van der Waals surface area contributed by atoms with Crippen molar-refractivity contribution < 1.29 is 36.6 Å². The van der Waals surface area contributed by atoms with Gasteiger partial charge in [0.05, 0.1) is 0 Å². The third-order valence-electron chi connectivity index (χ3n) is 18.2. The summed E-state index contributed by atoms with van der Waals surface area (Å²) in [6.45, 7) is 0. The van der Waals surface area contributed by atoms with Crippen molar-refractivity contribution in [3.63, 3.8) is 0 Å². The first kappa shape index (κ1) is 60.7.